The van der Waals surface area contributed by atoms with Crippen molar-refractivity contribution in [2.45, 2.75) is 38.8 Å². The Hall–Kier alpha value is -4.29. The van der Waals surface area contributed by atoms with E-state index in [0.717, 1.165) is 17.7 Å². The van der Waals surface area contributed by atoms with Gasteiger partial charge in [0, 0.05) is 29.6 Å². The quantitative estimate of drug-likeness (QED) is 0.200. The first-order valence-corrected chi connectivity index (χ1v) is 15.8. The highest BCUT2D eigenvalue weighted by Crippen LogP contribution is 2.40. The Bertz CT molecular complexity index is 2010. The van der Waals surface area contributed by atoms with Crippen LogP contribution in [-0.4, -0.2) is 41.1 Å². The molecule has 0 saturated carbocycles. The molecule has 230 valence electrons. The Morgan fingerprint density at radius 3 is 2.39 bits per heavy atom. The minimum atomic E-state index is -3.69. The SMILES string of the molecule is Cn1nc(NS(C)(=O)=O)c2c(Cl)ccc(-c3cc4ccccc4nc3[C@H](Cc3cc(F)cc(F)c3)NC(=O)OC(C)(C)C)c21. The lowest BCUT2D eigenvalue weighted by Gasteiger charge is -2.25. The fourth-order valence-electron chi connectivity index (χ4n) is 5.08. The predicted molar refractivity (Wildman–Crippen MR) is 167 cm³/mol. The van der Waals surface area contributed by atoms with Gasteiger partial charge in [0.15, 0.2) is 5.82 Å². The number of anilines is 1. The van der Waals surface area contributed by atoms with E-state index in [1.165, 1.54) is 16.8 Å². The lowest BCUT2D eigenvalue weighted by Crippen LogP contribution is -2.36. The molecule has 0 unspecified atom stereocenters. The van der Waals surface area contributed by atoms with E-state index in [-0.39, 0.29) is 22.8 Å². The number of ether oxygens (including phenoxy) is 1. The maximum atomic E-state index is 14.3. The number of hydrogen-bond acceptors (Lipinski definition) is 6. The van der Waals surface area contributed by atoms with Crippen molar-refractivity contribution < 1.29 is 26.7 Å². The van der Waals surface area contributed by atoms with Crippen molar-refractivity contribution in [3.05, 3.63) is 88.6 Å². The minimum Gasteiger partial charge on any atom is -0.444 e. The third-order valence-corrected chi connectivity index (χ3v) is 7.53. The van der Waals surface area contributed by atoms with E-state index in [9.17, 15) is 22.0 Å². The number of sulfonamides is 1. The number of benzene rings is 3. The summed E-state index contributed by atoms with van der Waals surface area (Å²) in [5.74, 6) is -1.48. The summed E-state index contributed by atoms with van der Waals surface area (Å²) in [6.07, 6.45) is 0.232. The highest BCUT2D eigenvalue weighted by atomic mass is 35.5. The molecule has 0 aliphatic heterocycles. The number of halogens is 3. The zero-order valence-electron chi connectivity index (χ0n) is 24.6. The first-order chi connectivity index (χ1) is 20.6. The van der Waals surface area contributed by atoms with Crippen molar-refractivity contribution in [2.24, 2.45) is 7.05 Å². The topological polar surface area (TPSA) is 115 Å². The Labute approximate surface area is 258 Å². The number of para-hydroxylation sites is 1. The number of carbonyl (C=O) groups excluding carboxylic acids is 1. The third-order valence-electron chi connectivity index (χ3n) is 6.65. The van der Waals surface area contributed by atoms with E-state index in [2.05, 4.69) is 15.1 Å². The summed E-state index contributed by atoms with van der Waals surface area (Å²) in [4.78, 5) is 18.1. The zero-order chi connectivity index (χ0) is 32.0. The molecule has 5 rings (SSSR count). The van der Waals surface area contributed by atoms with Crippen LogP contribution in [0.25, 0.3) is 32.9 Å². The number of aryl methyl sites for hydroxylation is 1. The van der Waals surface area contributed by atoms with E-state index in [1.54, 1.807) is 40.0 Å². The molecule has 0 radical (unpaired) electrons. The number of alkyl carbamates (subject to hydrolysis) is 1. The summed E-state index contributed by atoms with van der Waals surface area (Å²) in [5.41, 5.74) is 2.08. The maximum absolute atomic E-state index is 14.3. The number of pyridine rings is 1. The fraction of sp³-hybridized carbons (Fsp3) is 0.258. The van der Waals surface area contributed by atoms with Crippen LogP contribution in [0.2, 0.25) is 5.02 Å². The second-order valence-corrected chi connectivity index (χ2v) is 13.6. The van der Waals surface area contributed by atoms with E-state index in [0.29, 0.717) is 33.2 Å². The molecule has 0 aliphatic rings. The van der Waals surface area contributed by atoms with Crippen LogP contribution >= 0.6 is 11.6 Å². The van der Waals surface area contributed by atoms with Gasteiger partial charge in [0.05, 0.1) is 39.4 Å². The number of nitrogens with zero attached hydrogens (tertiary/aromatic N) is 3. The highest BCUT2D eigenvalue weighted by Gasteiger charge is 2.27. The van der Waals surface area contributed by atoms with Crippen molar-refractivity contribution >= 4 is 55.3 Å². The molecule has 0 saturated heterocycles. The second-order valence-electron chi connectivity index (χ2n) is 11.5. The van der Waals surface area contributed by atoms with Gasteiger partial charge in [0.25, 0.3) is 0 Å². The van der Waals surface area contributed by atoms with Gasteiger partial charge < -0.3 is 10.1 Å². The van der Waals surface area contributed by atoms with Crippen molar-refractivity contribution in [3.8, 4) is 11.1 Å². The van der Waals surface area contributed by atoms with Gasteiger partial charge >= 0.3 is 6.09 Å². The molecular weight excluding hydrogens is 612 g/mol. The average Bonchev–Trinajstić information content (AvgIpc) is 3.21. The average molecular weight is 642 g/mol. The summed E-state index contributed by atoms with van der Waals surface area (Å²) >= 11 is 6.58. The van der Waals surface area contributed by atoms with Gasteiger partial charge in [-0.25, -0.2) is 27.0 Å². The molecule has 3 aromatic carbocycles. The fourth-order valence-corrected chi connectivity index (χ4v) is 5.82. The Morgan fingerprint density at radius 2 is 1.73 bits per heavy atom. The van der Waals surface area contributed by atoms with Crippen LogP contribution in [0.3, 0.4) is 0 Å². The molecule has 1 amide bonds. The zero-order valence-corrected chi connectivity index (χ0v) is 26.1. The Morgan fingerprint density at radius 1 is 1.05 bits per heavy atom. The molecule has 5 aromatic rings. The van der Waals surface area contributed by atoms with Crippen LogP contribution in [0.15, 0.2) is 60.7 Å². The molecule has 2 N–H and O–H groups in total. The lowest BCUT2D eigenvalue weighted by atomic mass is 9.93. The second kappa shape index (κ2) is 11.7. The van der Waals surface area contributed by atoms with Crippen molar-refractivity contribution in [3.63, 3.8) is 0 Å². The van der Waals surface area contributed by atoms with Gasteiger partial charge in [-0.3, -0.25) is 9.40 Å². The molecule has 13 heteroatoms. The third kappa shape index (κ3) is 6.92. The highest BCUT2D eigenvalue weighted by molar-refractivity contribution is 7.92. The van der Waals surface area contributed by atoms with Crippen molar-refractivity contribution in [1.82, 2.24) is 20.1 Å². The largest absolute Gasteiger partial charge is 0.444 e. The Kier molecular flexibility index (Phi) is 8.25. The molecule has 9 nitrogen and oxygen atoms in total. The first kappa shape index (κ1) is 31.1. The van der Waals surface area contributed by atoms with Gasteiger partial charge in [0.2, 0.25) is 10.0 Å². The number of hydrogen-bond donors (Lipinski definition) is 2. The smallest absolute Gasteiger partial charge is 0.408 e. The van der Waals surface area contributed by atoms with E-state index >= 15 is 0 Å². The molecule has 0 aliphatic carbocycles. The summed E-state index contributed by atoms with van der Waals surface area (Å²) in [6, 6.07) is 14.8. The van der Waals surface area contributed by atoms with Crippen LogP contribution in [0, 0.1) is 11.6 Å². The maximum Gasteiger partial charge on any atom is 0.408 e. The van der Waals surface area contributed by atoms with Gasteiger partial charge in [-0.05, 0) is 63.1 Å². The molecule has 1 atom stereocenters. The van der Waals surface area contributed by atoms with Crippen molar-refractivity contribution in [1.29, 1.82) is 0 Å². The number of fused-ring (bicyclic) bond motifs is 2. The van der Waals surface area contributed by atoms with Gasteiger partial charge in [-0.1, -0.05) is 35.9 Å². The molecule has 0 spiro atoms. The van der Waals surface area contributed by atoms with Gasteiger partial charge in [-0.15, -0.1) is 0 Å². The van der Waals surface area contributed by atoms with Crippen LogP contribution in [-0.2, 0) is 28.2 Å². The van der Waals surface area contributed by atoms with Crippen molar-refractivity contribution in [2.75, 3.05) is 11.0 Å². The minimum absolute atomic E-state index is 0.0325. The van der Waals surface area contributed by atoms with E-state index in [4.69, 9.17) is 21.3 Å². The lowest BCUT2D eigenvalue weighted by molar-refractivity contribution is 0.0502. The normalized spacial score (nSPS) is 12.8. The van der Waals surface area contributed by atoms with Gasteiger partial charge in [0.1, 0.15) is 17.2 Å². The predicted octanol–water partition coefficient (Wildman–Crippen LogP) is 6.90. The number of aromatic nitrogens is 3. The van der Waals surface area contributed by atoms with Crippen LogP contribution < -0.4 is 10.0 Å². The van der Waals surface area contributed by atoms with Crippen LogP contribution in [0.5, 0.6) is 0 Å². The number of rotatable bonds is 7. The van der Waals surface area contributed by atoms with E-state index < -0.39 is 39.4 Å². The summed E-state index contributed by atoms with van der Waals surface area (Å²) in [6.45, 7) is 5.16. The number of nitrogens with one attached hydrogen (secondary N) is 2. The Balaban J connectivity index is 1.77. The summed E-state index contributed by atoms with van der Waals surface area (Å²) in [5, 5.41) is 8.64. The molecule has 0 fully saturated rings. The first-order valence-electron chi connectivity index (χ1n) is 13.6. The molecule has 0 bridgehead atoms. The summed E-state index contributed by atoms with van der Waals surface area (Å²) < 4.78 is 62.2. The molecule has 2 aromatic heterocycles. The van der Waals surface area contributed by atoms with Gasteiger partial charge in [-0.2, -0.15) is 5.10 Å². The monoisotopic (exact) mass is 641 g/mol. The molecule has 44 heavy (non-hydrogen) atoms. The summed E-state index contributed by atoms with van der Waals surface area (Å²) in [7, 11) is -2.04. The standard InChI is InChI=1S/C31H30ClF2N5O4S/c1-31(2,3)43-30(40)36-25(14-17-12-19(33)16-20(34)13-17)27-22(15-18-8-6-7-9-24(18)35-27)21-10-11-23(32)26-28(21)39(4)37-29(26)38-44(5,41)42/h6-13,15-16,25H,14H2,1-5H3,(H,36,40)(H,37,38)/t25-/m0/s1. The van der Waals surface area contributed by atoms with E-state index in [1.807, 2.05) is 30.3 Å². The van der Waals surface area contributed by atoms with Crippen LogP contribution in [0.4, 0.5) is 19.4 Å². The van der Waals surface area contributed by atoms with Crippen LogP contribution in [0.1, 0.15) is 38.1 Å². The molecule has 2 heterocycles. The molecular formula is C31H30ClF2N5O4S. The number of amides is 1. The number of carbonyl (C=O) groups is 1.